The monoisotopic (exact) mass is 217 g/mol. The number of hydrogen-bond donors (Lipinski definition) is 0. The van der Waals surface area contributed by atoms with Crippen molar-refractivity contribution < 1.29 is 4.79 Å². The maximum atomic E-state index is 11.0. The fraction of sp³-hybridized carbons (Fsp3) is 0.500. The van der Waals surface area contributed by atoms with Gasteiger partial charge in [-0.05, 0) is 38.4 Å². The highest BCUT2D eigenvalue weighted by Crippen LogP contribution is 2.25. The van der Waals surface area contributed by atoms with Crippen LogP contribution in [0.4, 0.5) is 0 Å². The summed E-state index contributed by atoms with van der Waals surface area (Å²) in [6.45, 7) is 4.52. The molecule has 0 aliphatic carbocycles. The summed E-state index contributed by atoms with van der Waals surface area (Å²) in [4.78, 5) is 13.5. The zero-order chi connectivity index (χ0) is 11.4. The van der Waals surface area contributed by atoms with Gasteiger partial charge >= 0.3 is 0 Å². The molecule has 1 aromatic rings. The number of aldehydes is 1. The van der Waals surface area contributed by atoms with Gasteiger partial charge in [-0.1, -0.05) is 30.7 Å². The van der Waals surface area contributed by atoms with Gasteiger partial charge in [0.1, 0.15) is 6.29 Å². The van der Waals surface area contributed by atoms with Crippen LogP contribution in [0.2, 0.25) is 0 Å². The van der Waals surface area contributed by atoms with E-state index in [0.29, 0.717) is 6.04 Å². The zero-order valence-corrected chi connectivity index (χ0v) is 9.86. The second kappa shape index (κ2) is 5.26. The molecule has 0 bridgehead atoms. The van der Waals surface area contributed by atoms with Gasteiger partial charge in [0, 0.05) is 11.6 Å². The topological polar surface area (TPSA) is 20.3 Å². The Labute approximate surface area is 97.3 Å². The quantitative estimate of drug-likeness (QED) is 0.725. The van der Waals surface area contributed by atoms with Gasteiger partial charge in [-0.2, -0.15) is 0 Å². The molecule has 1 heterocycles. The minimum atomic E-state index is 0.363. The molecule has 0 saturated carbocycles. The lowest BCUT2D eigenvalue weighted by atomic mass is 9.99. The van der Waals surface area contributed by atoms with Crippen molar-refractivity contribution in [3.05, 3.63) is 35.4 Å². The summed E-state index contributed by atoms with van der Waals surface area (Å²) in [7, 11) is 0. The zero-order valence-electron chi connectivity index (χ0n) is 9.86. The molecule has 0 aromatic heterocycles. The fourth-order valence-corrected chi connectivity index (χ4v) is 2.50. The molecule has 1 atom stereocenters. The molecule has 1 saturated heterocycles. The summed E-state index contributed by atoms with van der Waals surface area (Å²) < 4.78 is 0. The molecule has 1 aliphatic heterocycles. The largest absolute Gasteiger partial charge is 0.298 e. The molecule has 16 heavy (non-hydrogen) atoms. The van der Waals surface area contributed by atoms with Crippen LogP contribution in [0.25, 0.3) is 0 Å². The van der Waals surface area contributed by atoms with Crippen LogP contribution in [-0.4, -0.2) is 24.3 Å². The van der Waals surface area contributed by atoms with Crippen LogP contribution in [0.1, 0.15) is 48.1 Å². The normalized spacial score (nSPS) is 19.3. The van der Waals surface area contributed by atoms with Crippen LogP contribution >= 0.6 is 0 Å². The highest BCUT2D eigenvalue weighted by Gasteiger charge is 2.19. The van der Waals surface area contributed by atoms with Crippen molar-refractivity contribution >= 4 is 6.29 Å². The van der Waals surface area contributed by atoms with E-state index in [4.69, 9.17) is 0 Å². The van der Waals surface area contributed by atoms with Gasteiger partial charge in [0.25, 0.3) is 0 Å². The summed E-state index contributed by atoms with van der Waals surface area (Å²) in [5.41, 5.74) is 2.00. The molecule has 1 unspecified atom stereocenters. The molecule has 0 amide bonds. The van der Waals surface area contributed by atoms with Gasteiger partial charge in [0.2, 0.25) is 0 Å². The standard InChI is InChI=1S/C14H19NO/c1-12(15-9-5-2-6-10-15)14-8-4-3-7-13(14)11-16/h3-4,7-8,11-12H,2,5-6,9-10H2,1H3. The average molecular weight is 217 g/mol. The number of piperidine rings is 1. The fourth-order valence-electron chi connectivity index (χ4n) is 2.50. The van der Waals surface area contributed by atoms with Crippen molar-refractivity contribution in [1.82, 2.24) is 4.90 Å². The van der Waals surface area contributed by atoms with E-state index in [1.54, 1.807) is 0 Å². The highest BCUT2D eigenvalue weighted by molar-refractivity contribution is 5.77. The highest BCUT2D eigenvalue weighted by atomic mass is 16.1. The maximum Gasteiger partial charge on any atom is 0.150 e. The number of likely N-dealkylation sites (tertiary alicyclic amines) is 1. The summed E-state index contributed by atoms with van der Waals surface area (Å²) in [6.07, 6.45) is 4.88. The molecule has 2 nitrogen and oxygen atoms in total. The maximum absolute atomic E-state index is 11.0. The lowest BCUT2D eigenvalue weighted by Gasteiger charge is -2.33. The molecule has 1 aliphatic rings. The first kappa shape index (κ1) is 11.3. The van der Waals surface area contributed by atoms with Gasteiger partial charge in [-0.3, -0.25) is 9.69 Å². The van der Waals surface area contributed by atoms with Crippen molar-refractivity contribution in [2.45, 2.75) is 32.2 Å². The van der Waals surface area contributed by atoms with Crippen molar-refractivity contribution in [3.8, 4) is 0 Å². The Balaban J connectivity index is 2.18. The first-order valence-corrected chi connectivity index (χ1v) is 6.11. The molecule has 1 aromatic carbocycles. The van der Waals surface area contributed by atoms with E-state index >= 15 is 0 Å². The molecule has 0 N–H and O–H groups in total. The average Bonchev–Trinajstić information content (AvgIpc) is 2.39. The number of benzene rings is 1. The van der Waals surface area contributed by atoms with Crippen LogP contribution < -0.4 is 0 Å². The molecule has 0 spiro atoms. The smallest absolute Gasteiger partial charge is 0.150 e. The van der Waals surface area contributed by atoms with Gasteiger partial charge in [0.15, 0.2) is 0 Å². The number of carbonyl (C=O) groups is 1. The van der Waals surface area contributed by atoms with Crippen molar-refractivity contribution in [2.24, 2.45) is 0 Å². The molecule has 0 radical (unpaired) electrons. The van der Waals surface area contributed by atoms with E-state index in [2.05, 4.69) is 17.9 Å². The molecular weight excluding hydrogens is 198 g/mol. The van der Waals surface area contributed by atoms with Crippen molar-refractivity contribution in [1.29, 1.82) is 0 Å². The van der Waals surface area contributed by atoms with E-state index in [9.17, 15) is 4.79 Å². The SMILES string of the molecule is CC(c1ccccc1C=O)N1CCCCC1. The van der Waals surface area contributed by atoms with Gasteiger partial charge in [-0.15, -0.1) is 0 Å². The Morgan fingerprint density at radius 1 is 1.19 bits per heavy atom. The first-order chi connectivity index (χ1) is 7.83. The second-order valence-electron chi connectivity index (χ2n) is 4.52. The lowest BCUT2D eigenvalue weighted by molar-refractivity contribution is 0.111. The molecule has 1 fully saturated rings. The minimum Gasteiger partial charge on any atom is -0.298 e. The summed E-state index contributed by atoms with van der Waals surface area (Å²) in [5.74, 6) is 0. The third kappa shape index (κ3) is 2.33. The molecular formula is C14H19NO. The van der Waals surface area contributed by atoms with E-state index in [1.807, 2.05) is 18.2 Å². The van der Waals surface area contributed by atoms with Crippen LogP contribution in [0.5, 0.6) is 0 Å². The molecule has 86 valence electrons. The Morgan fingerprint density at radius 2 is 1.88 bits per heavy atom. The number of nitrogens with zero attached hydrogens (tertiary/aromatic N) is 1. The minimum absolute atomic E-state index is 0.363. The number of carbonyl (C=O) groups excluding carboxylic acids is 1. The van der Waals surface area contributed by atoms with Crippen molar-refractivity contribution in [3.63, 3.8) is 0 Å². The van der Waals surface area contributed by atoms with Gasteiger partial charge in [0.05, 0.1) is 0 Å². The third-order valence-corrected chi connectivity index (χ3v) is 3.51. The van der Waals surface area contributed by atoms with E-state index in [-0.39, 0.29) is 0 Å². The molecule has 2 rings (SSSR count). The lowest BCUT2D eigenvalue weighted by Crippen LogP contribution is -2.32. The Bertz CT molecular complexity index is 356. The second-order valence-corrected chi connectivity index (χ2v) is 4.52. The van der Waals surface area contributed by atoms with Crippen LogP contribution in [0.3, 0.4) is 0 Å². The van der Waals surface area contributed by atoms with Crippen LogP contribution in [0, 0.1) is 0 Å². The van der Waals surface area contributed by atoms with E-state index < -0.39 is 0 Å². The van der Waals surface area contributed by atoms with Crippen molar-refractivity contribution in [2.75, 3.05) is 13.1 Å². The van der Waals surface area contributed by atoms with Gasteiger partial charge < -0.3 is 0 Å². The third-order valence-electron chi connectivity index (χ3n) is 3.51. The number of rotatable bonds is 3. The summed E-state index contributed by atoms with van der Waals surface area (Å²) in [6, 6.07) is 8.28. The first-order valence-electron chi connectivity index (χ1n) is 6.11. The van der Waals surface area contributed by atoms with E-state index in [0.717, 1.165) is 24.9 Å². The Kier molecular flexibility index (Phi) is 3.73. The van der Waals surface area contributed by atoms with Crippen LogP contribution in [-0.2, 0) is 0 Å². The predicted molar refractivity (Wildman–Crippen MR) is 65.7 cm³/mol. The number of hydrogen-bond acceptors (Lipinski definition) is 2. The van der Waals surface area contributed by atoms with Gasteiger partial charge in [-0.25, -0.2) is 0 Å². The Morgan fingerprint density at radius 3 is 2.56 bits per heavy atom. The summed E-state index contributed by atoms with van der Waals surface area (Å²) >= 11 is 0. The Hall–Kier alpha value is -1.15. The predicted octanol–water partition coefficient (Wildman–Crippen LogP) is 3.05. The van der Waals surface area contributed by atoms with Crippen LogP contribution in [0.15, 0.2) is 24.3 Å². The molecule has 2 heteroatoms. The summed E-state index contributed by atoms with van der Waals surface area (Å²) in [5, 5.41) is 0. The van der Waals surface area contributed by atoms with E-state index in [1.165, 1.54) is 24.8 Å².